The van der Waals surface area contributed by atoms with Gasteiger partial charge < -0.3 is 14.3 Å². The molecule has 0 aliphatic heterocycles. The molecule has 1 atom stereocenters. The highest BCUT2D eigenvalue weighted by Gasteiger charge is 2.07. The smallest absolute Gasteiger partial charge is 0.308 e. The minimum absolute atomic E-state index is 0.126. The molecule has 0 spiro atoms. The van der Waals surface area contributed by atoms with Gasteiger partial charge in [0.1, 0.15) is 6.29 Å². The molecule has 0 saturated heterocycles. The Morgan fingerprint density at radius 3 is 2.75 bits per heavy atom. The molecule has 0 aromatic heterocycles. The van der Waals surface area contributed by atoms with E-state index < -0.39 is 12.3 Å². The fraction of sp³-hybridized carbons (Fsp3) is 0.750. The van der Waals surface area contributed by atoms with E-state index in [2.05, 4.69) is 0 Å². The van der Waals surface area contributed by atoms with E-state index in [4.69, 9.17) is 9.47 Å². The van der Waals surface area contributed by atoms with E-state index >= 15 is 0 Å². The Morgan fingerprint density at radius 1 is 1.58 bits per heavy atom. The van der Waals surface area contributed by atoms with E-state index in [1.54, 1.807) is 6.92 Å². The highest BCUT2D eigenvalue weighted by atomic mass is 16.7. The van der Waals surface area contributed by atoms with Crippen LogP contribution in [0.15, 0.2) is 0 Å². The zero-order valence-electron chi connectivity index (χ0n) is 7.41. The minimum atomic E-state index is -0.519. The van der Waals surface area contributed by atoms with Crippen molar-refractivity contribution in [2.24, 2.45) is 0 Å². The van der Waals surface area contributed by atoms with Crippen molar-refractivity contribution in [3.8, 4) is 0 Å². The van der Waals surface area contributed by atoms with Gasteiger partial charge in [-0.3, -0.25) is 4.79 Å². The Morgan fingerprint density at radius 2 is 2.25 bits per heavy atom. The third-order valence-electron chi connectivity index (χ3n) is 1.17. The molecule has 0 saturated carbocycles. The number of hydrogen-bond donors (Lipinski definition) is 0. The SMILES string of the molecule is CCOC(C)OC(=O)CCC=O. The highest BCUT2D eigenvalue weighted by Crippen LogP contribution is 1.97. The van der Waals surface area contributed by atoms with Gasteiger partial charge in [-0.25, -0.2) is 0 Å². The Bertz CT molecular complexity index is 144. The van der Waals surface area contributed by atoms with Crippen molar-refractivity contribution in [2.75, 3.05) is 6.61 Å². The molecule has 0 aromatic rings. The second kappa shape index (κ2) is 6.79. The van der Waals surface area contributed by atoms with Gasteiger partial charge >= 0.3 is 5.97 Å². The van der Waals surface area contributed by atoms with Crippen molar-refractivity contribution < 1.29 is 19.1 Å². The quantitative estimate of drug-likeness (QED) is 0.341. The van der Waals surface area contributed by atoms with Gasteiger partial charge in [-0.2, -0.15) is 0 Å². The summed E-state index contributed by atoms with van der Waals surface area (Å²) in [7, 11) is 0. The average Bonchev–Trinajstić information content (AvgIpc) is 2.01. The number of hydrogen-bond acceptors (Lipinski definition) is 4. The molecule has 1 unspecified atom stereocenters. The van der Waals surface area contributed by atoms with Gasteiger partial charge in [0, 0.05) is 13.0 Å². The lowest BCUT2D eigenvalue weighted by Gasteiger charge is -2.11. The van der Waals surface area contributed by atoms with Crippen LogP contribution in [0.2, 0.25) is 0 Å². The summed E-state index contributed by atoms with van der Waals surface area (Å²) in [6.07, 6.45) is 0.500. The molecule has 0 radical (unpaired) electrons. The van der Waals surface area contributed by atoms with Gasteiger partial charge in [-0.05, 0) is 13.8 Å². The third-order valence-corrected chi connectivity index (χ3v) is 1.17. The fourth-order valence-corrected chi connectivity index (χ4v) is 0.690. The minimum Gasteiger partial charge on any atom is -0.436 e. The van der Waals surface area contributed by atoms with E-state index in [9.17, 15) is 9.59 Å². The predicted octanol–water partition coefficient (Wildman–Crippen LogP) is 0.891. The molecule has 12 heavy (non-hydrogen) atoms. The molecule has 0 heterocycles. The summed E-state index contributed by atoms with van der Waals surface area (Å²) in [6, 6.07) is 0. The van der Waals surface area contributed by atoms with E-state index in [-0.39, 0.29) is 12.8 Å². The molecule has 0 aliphatic rings. The Labute approximate surface area is 71.8 Å². The van der Waals surface area contributed by atoms with Crippen molar-refractivity contribution >= 4 is 12.3 Å². The summed E-state index contributed by atoms with van der Waals surface area (Å²) >= 11 is 0. The number of esters is 1. The number of aldehydes is 1. The Kier molecular flexibility index (Phi) is 6.28. The summed E-state index contributed by atoms with van der Waals surface area (Å²) < 4.78 is 9.73. The van der Waals surface area contributed by atoms with Crippen LogP contribution < -0.4 is 0 Å². The van der Waals surface area contributed by atoms with Crippen LogP contribution in [-0.2, 0) is 19.1 Å². The van der Waals surface area contributed by atoms with E-state index in [1.165, 1.54) is 0 Å². The molecule has 0 rings (SSSR count). The van der Waals surface area contributed by atoms with E-state index in [0.29, 0.717) is 12.9 Å². The number of carbonyl (C=O) groups is 2. The molecule has 4 heteroatoms. The van der Waals surface area contributed by atoms with Crippen molar-refractivity contribution in [3.63, 3.8) is 0 Å². The van der Waals surface area contributed by atoms with Crippen LogP contribution in [0.25, 0.3) is 0 Å². The maximum Gasteiger partial charge on any atom is 0.308 e. The zero-order chi connectivity index (χ0) is 9.40. The average molecular weight is 174 g/mol. The molecular formula is C8H14O4. The van der Waals surface area contributed by atoms with Crippen molar-refractivity contribution in [1.82, 2.24) is 0 Å². The molecule has 0 bridgehead atoms. The number of ether oxygens (including phenoxy) is 2. The zero-order valence-corrected chi connectivity index (χ0v) is 7.41. The van der Waals surface area contributed by atoms with Gasteiger partial charge in [0.15, 0.2) is 6.29 Å². The van der Waals surface area contributed by atoms with Gasteiger partial charge in [-0.15, -0.1) is 0 Å². The molecule has 0 N–H and O–H groups in total. The standard InChI is InChI=1S/C8H14O4/c1-3-11-7(2)12-8(10)5-4-6-9/h6-7H,3-5H2,1-2H3. The summed E-state index contributed by atoms with van der Waals surface area (Å²) in [5.41, 5.74) is 0. The lowest BCUT2D eigenvalue weighted by molar-refractivity contribution is -0.174. The molecule has 70 valence electrons. The Hall–Kier alpha value is -0.900. The van der Waals surface area contributed by atoms with Crippen LogP contribution >= 0.6 is 0 Å². The maximum absolute atomic E-state index is 10.8. The first-order valence-electron chi connectivity index (χ1n) is 3.95. The first-order valence-corrected chi connectivity index (χ1v) is 3.95. The molecular weight excluding hydrogens is 160 g/mol. The number of rotatable bonds is 6. The topological polar surface area (TPSA) is 52.6 Å². The number of carbonyl (C=O) groups excluding carboxylic acids is 2. The summed E-state index contributed by atoms with van der Waals surface area (Å²) in [5.74, 6) is -0.400. The first-order chi connectivity index (χ1) is 5.70. The molecule has 4 nitrogen and oxygen atoms in total. The lowest BCUT2D eigenvalue weighted by atomic mass is 10.3. The third kappa shape index (κ3) is 5.85. The molecule has 0 aromatic carbocycles. The van der Waals surface area contributed by atoms with Crippen LogP contribution in [-0.4, -0.2) is 25.2 Å². The largest absolute Gasteiger partial charge is 0.436 e. The first kappa shape index (κ1) is 11.1. The summed E-state index contributed by atoms with van der Waals surface area (Å²) in [5, 5.41) is 0. The van der Waals surface area contributed by atoms with Gasteiger partial charge in [0.25, 0.3) is 0 Å². The molecule has 0 amide bonds. The van der Waals surface area contributed by atoms with E-state index in [1.807, 2.05) is 6.92 Å². The fourth-order valence-electron chi connectivity index (χ4n) is 0.690. The van der Waals surface area contributed by atoms with Crippen LogP contribution in [0.4, 0.5) is 0 Å². The van der Waals surface area contributed by atoms with Crippen molar-refractivity contribution in [3.05, 3.63) is 0 Å². The summed E-state index contributed by atoms with van der Waals surface area (Å²) in [6.45, 7) is 3.96. The van der Waals surface area contributed by atoms with Crippen molar-refractivity contribution in [1.29, 1.82) is 0 Å². The normalized spacial score (nSPS) is 12.2. The maximum atomic E-state index is 10.8. The highest BCUT2D eigenvalue weighted by molar-refractivity contribution is 5.72. The molecule has 0 aliphatic carbocycles. The Balaban J connectivity index is 3.46. The van der Waals surface area contributed by atoms with Gasteiger partial charge in [-0.1, -0.05) is 0 Å². The second-order valence-electron chi connectivity index (χ2n) is 2.22. The van der Waals surface area contributed by atoms with Crippen molar-refractivity contribution in [2.45, 2.75) is 33.0 Å². The van der Waals surface area contributed by atoms with Crippen LogP contribution in [0.1, 0.15) is 26.7 Å². The van der Waals surface area contributed by atoms with Crippen LogP contribution in [0, 0.1) is 0 Å². The second-order valence-corrected chi connectivity index (χ2v) is 2.22. The summed E-state index contributed by atoms with van der Waals surface area (Å²) in [4.78, 5) is 20.7. The van der Waals surface area contributed by atoms with E-state index in [0.717, 1.165) is 0 Å². The van der Waals surface area contributed by atoms with Gasteiger partial charge in [0.05, 0.1) is 6.42 Å². The van der Waals surface area contributed by atoms with Crippen LogP contribution in [0.5, 0.6) is 0 Å². The predicted molar refractivity (Wildman–Crippen MR) is 42.5 cm³/mol. The van der Waals surface area contributed by atoms with Crippen LogP contribution in [0.3, 0.4) is 0 Å². The molecule has 0 fully saturated rings. The monoisotopic (exact) mass is 174 g/mol. The lowest BCUT2D eigenvalue weighted by Crippen LogP contribution is -2.17. The van der Waals surface area contributed by atoms with Gasteiger partial charge in [0.2, 0.25) is 0 Å².